The summed E-state index contributed by atoms with van der Waals surface area (Å²) in [4.78, 5) is 20.3. The maximum Gasteiger partial charge on any atom is 0.251 e. The molecule has 0 aliphatic rings. The zero-order chi connectivity index (χ0) is 14.5. The van der Waals surface area contributed by atoms with Crippen LogP contribution in [0.3, 0.4) is 0 Å². The van der Waals surface area contributed by atoms with Crippen LogP contribution >= 0.6 is 11.6 Å². The summed E-state index contributed by atoms with van der Waals surface area (Å²) in [6.45, 7) is 2.33. The molecule has 2 aromatic heterocycles. The Hall–Kier alpha value is -1.95. The highest BCUT2D eigenvalue weighted by molar-refractivity contribution is 6.29. The van der Waals surface area contributed by atoms with Gasteiger partial charge in [-0.3, -0.25) is 9.48 Å². The number of rotatable bonds is 5. The van der Waals surface area contributed by atoms with Gasteiger partial charge in [0.05, 0.1) is 6.54 Å². The maximum atomic E-state index is 12.1. The van der Waals surface area contributed by atoms with E-state index in [-0.39, 0.29) is 12.5 Å². The lowest BCUT2D eigenvalue weighted by Gasteiger charge is -2.06. The zero-order valence-corrected chi connectivity index (χ0v) is 12.2. The van der Waals surface area contributed by atoms with E-state index in [2.05, 4.69) is 27.3 Å². The average Bonchev–Trinajstić information content (AvgIpc) is 2.81. The molecule has 0 bridgehead atoms. The minimum Gasteiger partial charge on any atom is -0.345 e. The van der Waals surface area contributed by atoms with E-state index >= 15 is 0 Å². The van der Waals surface area contributed by atoms with E-state index in [0.29, 0.717) is 16.5 Å². The summed E-state index contributed by atoms with van der Waals surface area (Å²) in [6.07, 6.45) is 3.33. The van der Waals surface area contributed by atoms with Crippen molar-refractivity contribution in [1.82, 2.24) is 25.1 Å². The topological polar surface area (TPSA) is 72.7 Å². The predicted octanol–water partition coefficient (Wildman–Crippen LogP) is 1.75. The Morgan fingerprint density at radius 1 is 1.45 bits per heavy atom. The van der Waals surface area contributed by atoms with Crippen LogP contribution in [0.1, 0.15) is 35.2 Å². The number of aryl methyl sites for hydroxylation is 2. The Kier molecular flexibility index (Phi) is 4.68. The average molecular weight is 294 g/mol. The van der Waals surface area contributed by atoms with Crippen molar-refractivity contribution >= 4 is 17.5 Å². The van der Waals surface area contributed by atoms with E-state index in [9.17, 15) is 4.79 Å². The minimum atomic E-state index is -0.209. The summed E-state index contributed by atoms with van der Waals surface area (Å²) >= 11 is 5.93. The van der Waals surface area contributed by atoms with Crippen LogP contribution in [-0.2, 0) is 20.0 Å². The third-order valence-electron chi connectivity index (χ3n) is 2.67. The van der Waals surface area contributed by atoms with E-state index in [0.717, 1.165) is 18.5 Å². The summed E-state index contributed by atoms with van der Waals surface area (Å²) in [7, 11) is 1.78. The second kappa shape index (κ2) is 6.47. The van der Waals surface area contributed by atoms with Gasteiger partial charge in [0, 0.05) is 18.3 Å². The highest BCUT2D eigenvalue weighted by Crippen LogP contribution is 2.12. The van der Waals surface area contributed by atoms with Gasteiger partial charge in [-0.25, -0.2) is 9.97 Å². The van der Waals surface area contributed by atoms with E-state index in [4.69, 9.17) is 11.6 Å². The number of nitrogens with zero attached hydrogens (tertiary/aromatic N) is 4. The Morgan fingerprint density at radius 2 is 2.25 bits per heavy atom. The summed E-state index contributed by atoms with van der Waals surface area (Å²) in [6, 6.07) is 3.32. The van der Waals surface area contributed by atoms with Crippen LogP contribution in [0, 0.1) is 0 Å². The number of halogens is 1. The fourth-order valence-corrected chi connectivity index (χ4v) is 2.02. The molecule has 0 aliphatic heterocycles. The molecule has 0 aliphatic carbocycles. The van der Waals surface area contributed by atoms with Crippen LogP contribution in [-0.4, -0.2) is 25.7 Å². The molecule has 2 heterocycles. The number of carbonyl (C=O) groups is 1. The fraction of sp³-hybridized carbons (Fsp3) is 0.385. The number of pyridine rings is 1. The number of hydrogen-bond acceptors (Lipinski definition) is 4. The summed E-state index contributed by atoms with van der Waals surface area (Å²) in [5.74, 6) is 0.355. The van der Waals surface area contributed by atoms with Crippen molar-refractivity contribution in [3.8, 4) is 0 Å². The first-order valence-corrected chi connectivity index (χ1v) is 6.75. The first-order valence-electron chi connectivity index (χ1n) is 6.37. The molecule has 0 aromatic carbocycles. The zero-order valence-electron chi connectivity index (χ0n) is 11.4. The normalized spacial score (nSPS) is 10.6. The lowest BCUT2D eigenvalue weighted by atomic mass is 10.1. The predicted molar refractivity (Wildman–Crippen MR) is 75.4 cm³/mol. The van der Waals surface area contributed by atoms with Gasteiger partial charge >= 0.3 is 0 Å². The molecule has 2 aromatic rings. The van der Waals surface area contributed by atoms with Crippen molar-refractivity contribution in [2.45, 2.75) is 26.3 Å². The standard InChI is InChI=1S/C13H16ClN5O/c1-3-4-10-5-9(6-11(14)17-10)13(20)15-7-12-16-8-19(2)18-12/h5-6,8H,3-4,7H2,1-2H3,(H,15,20). The second-order valence-corrected chi connectivity index (χ2v) is 4.82. The van der Waals surface area contributed by atoms with Gasteiger partial charge in [0.2, 0.25) is 0 Å². The molecule has 106 valence electrons. The molecule has 0 unspecified atom stereocenters. The molecule has 2 rings (SSSR count). The van der Waals surface area contributed by atoms with Crippen LogP contribution in [0.4, 0.5) is 0 Å². The Bertz CT molecular complexity index is 611. The monoisotopic (exact) mass is 293 g/mol. The van der Waals surface area contributed by atoms with Gasteiger partial charge in [-0.15, -0.1) is 0 Å². The number of carbonyl (C=O) groups excluding carboxylic acids is 1. The third-order valence-corrected chi connectivity index (χ3v) is 2.86. The lowest BCUT2D eigenvalue weighted by Crippen LogP contribution is -2.23. The van der Waals surface area contributed by atoms with Gasteiger partial charge in [-0.05, 0) is 18.6 Å². The van der Waals surface area contributed by atoms with Crippen molar-refractivity contribution < 1.29 is 4.79 Å². The first kappa shape index (κ1) is 14.5. The molecular formula is C13H16ClN5O. The number of hydrogen-bond donors (Lipinski definition) is 1. The smallest absolute Gasteiger partial charge is 0.251 e. The molecule has 0 saturated carbocycles. The van der Waals surface area contributed by atoms with E-state index < -0.39 is 0 Å². The molecule has 1 amide bonds. The maximum absolute atomic E-state index is 12.1. The van der Waals surface area contributed by atoms with Crippen LogP contribution < -0.4 is 5.32 Å². The van der Waals surface area contributed by atoms with Gasteiger partial charge in [0.25, 0.3) is 5.91 Å². The van der Waals surface area contributed by atoms with Crippen molar-refractivity contribution in [3.05, 3.63) is 40.7 Å². The molecular weight excluding hydrogens is 278 g/mol. The molecule has 0 atom stereocenters. The molecule has 7 heteroatoms. The second-order valence-electron chi connectivity index (χ2n) is 4.44. The quantitative estimate of drug-likeness (QED) is 0.852. The Balaban J connectivity index is 2.04. The van der Waals surface area contributed by atoms with Crippen LogP contribution in [0.5, 0.6) is 0 Å². The van der Waals surface area contributed by atoms with Crippen LogP contribution in [0.25, 0.3) is 0 Å². The molecule has 0 radical (unpaired) electrons. The first-order chi connectivity index (χ1) is 9.58. The lowest BCUT2D eigenvalue weighted by molar-refractivity contribution is 0.0949. The van der Waals surface area contributed by atoms with Crippen LogP contribution in [0.15, 0.2) is 18.5 Å². The van der Waals surface area contributed by atoms with Crippen molar-refractivity contribution in [2.24, 2.45) is 7.05 Å². The fourth-order valence-electron chi connectivity index (χ4n) is 1.79. The van der Waals surface area contributed by atoms with E-state index in [1.54, 1.807) is 30.2 Å². The van der Waals surface area contributed by atoms with Gasteiger partial charge in [0.15, 0.2) is 5.82 Å². The molecule has 0 spiro atoms. The largest absolute Gasteiger partial charge is 0.345 e. The molecule has 0 fully saturated rings. The molecule has 20 heavy (non-hydrogen) atoms. The Morgan fingerprint density at radius 3 is 2.90 bits per heavy atom. The van der Waals surface area contributed by atoms with Gasteiger partial charge in [-0.2, -0.15) is 5.10 Å². The highest BCUT2D eigenvalue weighted by Gasteiger charge is 2.10. The van der Waals surface area contributed by atoms with Gasteiger partial charge in [-0.1, -0.05) is 24.9 Å². The van der Waals surface area contributed by atoms with E-state index in [1.807, 2.05) is 0 Å². The van der Waals surface area contributed by atoms with E-state index in [1.165, 1.54) is 0 Å². The Labute approximate surface area is 122 Å². The van der Waals surface area contributed by atoms with Gasteiger partial charge in [0.1, 0.15) is 11.5 Å². The summed E-state index contributed by atoms with van der Waals surface area (Å²) in [5.41, 5.74) is 1.32. The SMILES string of the molecule is CCCc1cc(C(=O)NCc2ncn(C)n2)cc(Cl)n1. The minimum absolute atomic E-state index is 0.209. The van der Waals surface area contributed by atoms with Crippen molar-refractivity contribution in [1.29, 1.82) is 0 Å². The molecule has 6 nitrogen and oxygen atoms in total. The van der Waals surface area contributed by atoms with Crippen molar-refractivity contribution in [3.63, 3.8) is 0 Å². The third kappa shape index (κ3) is 3.77. The van der Waals surface area contributed by atoms with Gasteiger partial charge < -0.3 is 5.32 Å². The number of aromatic nitrogens is 4. The van der Waals surface area contributed by atoms with Crippen LogP contribution in [0.2, 0.25) is 5.15 Å². The summed E-state index contributed by atoms with van der Waals surface area (Å²) in [5, 5.41) is 7.19. The summed E-state index contributed by atoms with van der Waals surface area (Å²) < 4.78 is 1.59. The molecule has 1 N–H and O–H groups in total. The number of amides is 1. The van der Waals surface area contributed by atoms with Crippen molar-refractivity contribution in [2.75, 3.05) is 0 Å². The number of nitrogens with one attached hydrogen (secondary N) is 1. The molecule has 0 saturated heterocycles. The highest BCUT2D eigenvalue weighted by atomic mass is 35.5.